The molecule has 32 heavy (non-hydrogen) atoms. The van der Waals surface area contributed by atoms with Gasteiger partial charge in [0, 0.05) is 0 Å². The van der Waals surface area contributed by atoms with Crippen molar-refractivity contribution in [2.45, 2.75) is 27.9 Å². The van der Waals surface area contributed by atoms with Crippen LogP contribution in [0.2, 0.25) is 0 Å². The van der Waals surface area contributed by atoms with Gasteiger partial charge in [0.25, 0.3) is 0 Å². The lowest BCUT2D eigenvalue weighted by atomic mass is 10.3. The third-order valence-corrected chi connectivity index (χ3v) is 7.00. The van der Waals surface area contributed by atoms with E-state index in [0.29, 0.717) is 13.2 Å². The summed E-state index contributed by atoms with van der Waals surface area (Å²) in [6.07, 6.45) is -0.360. The van der Waals surface area contributed by atoms with E-state index >= 15 is 0 Å². The van der Waals surface area contributed by atoms with Gasteiger partial charge in [0.15, 0.2) is 21.0 Å². The van der Waals surface area contributed by atoms with Crippen LogP contribution in [0.5, 0.6) is 11.5 Å². The molecule has 0 aliphatic rings. The molecule has 4 aromatic carbocycles. The maximum absolute atomic E-state index is 5.94. The Labute approximate surface area is 192 Å². The van der Waals surface area contributed by atoms with Crippen LogP contribution in [-0.2, 0) is 15.6 Å². The molecule has 0 N–H and O–H groups in total. The lowest BCUT2D eigenvalue weighted by molar-refractivity contribution is -0.0739. The lowest BCUT2D eigenvalue weighted by Gasteiger charge is -2.16. The highest BCUT2D eigenvalue weighted by atomic mass is 32.2. The largest absolute Gasteiger partial charge is 0.491 e. The van der Waals surface area contributed by atoms with E-state index in [0.717, 1.165) is 11.5 Å². The van der Waals surface area contributed by atoms with Gasteiger partial charge in [-0.1, -0.05) is 54.6 Å². The fraction of sp³-hybridized carbons (Fsp3) is 0.143. The van der Waals surface area contributed by atoms with Crippen LogP contribution in [0.25, 0.3) is 0 Å². The zero-order valence-electron chi connectivity index (χ0n) is 18.1. The van der Waals surface area contributed by atoms with E-state index in [1.54, 1.807) is 0 Å². The summed E-state index contributed by atoms with van der Waals surface area (Å²) in [6.45, 7) is 2.84. The minimum Gasteiger partial charge on any atom is -0.491 e. The Balaban J connectivity index is 1.36. The van der Waals surface area contributed by atoms with E-state index in [1.807, 2.05) is 49.4 Å². The van der Waals surface area contributed by atoms with Gasteiger partial charge in [-0.3, -0.25) is 0 Å². The molecule has 0 fully saturated rings. The average Bonchev–Trinajstić information content (AvgIpc) is 2.85. The summed E-state index contributed by atoms with van der Waals surface area (Å²) in [5, 5.41) is 0. The number of benzene rings is 4. The molecule has 4 heteroatoms. The molecule has 0 aliphatic carbocycles. The molecule has 1 unspecified atom stereocenters. The topological polar surface area (TPSA) is 27.7 Å². The Morgan fingerprint density at radius 3 is 1.62 bits per heavy atom. The van der Waals surface area contributed by atoms with Crippen LogP contribution in [0.1, 0.15) is 6.92 Å². The minimum atomic E-state index is -0.360. The molecule has 4 aromatic rings. The molecule has 0 bridgehead atoms. The molecule has 0 amide bonds. The molecule has 3 nitrogen and oxygen atoms in total. The molecule has 162 valence electrons. The fourth-order valence-electron chi connectivity index (χ4n) is 3.29. The van der Waals surface area contributed by atoms with E-state index in [1.165, 1.54) is 14.7 Å². The summed E-state index contributed by atoms with van der Waals surface area (Å²) in [4.78, 5) is 3.84. The van der Waals surface area contributed by atoms with Gasteiger partial charge in [0.2, 0.25) is 0 Å². The molecular weight excluding hydrogens is 416 g/mol. The van der Waals surface area contributed by atoms with E-state index < -0.39 is 0 Å². The van der Waals surface area contributed by atoms with Gasteiger partial charge in [-0.25, -0.2) is 0 Å². The molecule has 0 heterocycles. The molecule has 0 spiro atoms. The molecule has 0 radical (unpaired) electrons. The second kappa shape index (κ2) is 11.4. The number of para-hydroxylation sites is 1. The van der Waals surface area contributed by atoms with E-state index in [-0.39, 0.29) is 17.2 Å². The summed E-state index contributed by atoms with van der Waals surface area (Å²) in [7, 11) is -0.163. The first-order chi connectivity index (χ1) is 15.8. The Kier molecular flexibility index (Phi) is 7.85. The van der Waals surface area contributed by atoms with Gasteiger partial charge < -0.3 is 14.2 Å². The average molecular weight is 444 g/mol. The fourth-order valence-corrected chi connectivity index (χ4v) is 5.38. The van der Waals surface area contributed by atoms with Crippen molar-refractivity contribution in [3.8, 4) is 11.5 Å². The van der Waals surface area contributed by atoms with Crippen LogP contribution in [-0.4, -0.2) is 19.5 Å². The molecule has 0 saturated heterocycles. The van der Waals surface area contributed by atoms with Crippen molar-refractivity contribution in [3.05, 3.63) is 115 Å². The van der Waals surface area contributed by atoms with Crippen molar-refractivity contribution in [1.29, 1.82) is 0 Å². The number of hydrogen-bond donors (Lipinski definition) is 0. The summed E-state index contributed by atoms with van der Waals surface area (Å²) in [6, 6.07) is 39.3. The standard InChI is InChI=1S/C28H27O3S/c1-23(29-21-22-30-24-11-5-2-6-12-24)31-25-17-19-28(20-18-25)32(26-13-7-3-8-14-26)27-15-9-4-10-16-27/h2-20,23H,21-22H2,1H3/q+1. The highest BCUT2D eigenvalue weighted by Crippen LogP contribution is 2.32. The summed E-state index contributed by atoms with van der Waals surface area (Å²) in [5.41, 5.74) is 0. The van der Waals surface area contributed by atoms with Crippen molar-refractivity contribution in [2.24, 2.45) is 0 Å². The van der Waals surface area contributed by atoms with Crippen molar-refractivity contribution in [2.75, 3.05) is 13.2 Å². The Bertz CT molecular complexity index is 1010. The van der Waals surface area contributed by atoms with Crippen LogP contribution in [0.3, 0.4) is 0 Å². The Morgan fingerprint density at radius 2 is 1.06 bits per heavy atom. The van der Waals surface area contributed by atoms with Gasteiger partial charge in [0.05, 0.1) is 17.5 Å². The highest BCUT2D eigenvalue weighted by molar-refractivity contribution is 7.97. The van der Waals surface area contributed by atoms with Crippen molar-refractivity contribution in [1.82, 2.24) is 0 Å². The molecule has 0 saturated carbocycles. The van der Waals surface area contributed by atoms with Gasteiger partial charge in [0.1, 0.15) is 18.1 Å². The van der Waals surface area contributed by atoms with E-state index in [9.17, 15) is 0 Å². The van der Waals surface area contributed by atoms with Crippen molar-refractivity contribution >= 4 is 10.9 Å². The predicted octanol–water partition coefficient (Wildman–Crippen LogP) is 6.60. The van der Waals surface area contributed by atoms with Crippen LogP contribution in [0, 0.1) is 0 Å². The number of hydrogen-bond acceptors (Lipinski definition) is 3. The lowest BCUT2D eigenvalue weighted by Crippen LogP contribution is -2.19. The first-order valence-electron chi connectivity index (χ1n) is 10.7. The third kappa shape index (κ3) is 6.16. The SMILES string of the molecule is CC(OCCOc1ccccc1)Oc1ccc([S+](c2ccccc2)c2ccccc2)cc1. The van der Waals surface area contributed by atoms with Crippen LogP contribution in [0.4, 0.5) is 0 Å². The van der Waals surface area contributed by atoms with E-state index in [4.69, 9.17) is 14.2 Å². The summed E-state index contributed by atoms with van der Waals surface area (Å²) in [5.74, 6) is 1.63. The number of ether oxygens (including phenoxy) is 3. The first kappa shape index (κ1) is 22.0. The zero-order chi connectivity index (χ0) is 22.0. The summed E-state index contributed by atoms with van der Waals surface area (Å²) >= 11 is 0. The molecule has 1 atom stereocenters. The zero-order valence-corrected chi connectivity index (χ0v) is 18.9. The maximum Gasteiger partial charge on any atom is 0.197 e. The summed E-state index contributed by atoms with van der Waals surface area (Å²) < 4.78 is 17.3. The van der Waals surface area contributed by atoms with Crippen LogP contribution < -0.4 is 9.47 Å². The Morgan fingerprint density at radius 1 is 0.562 bits per heavy atom. The van der Waals surface area contributed by atoms with Gasteiger partial charge in [-0.2, -0.15) is 0 Å². The smallest absolute Gasteiger partial charge is 0.197 e. The quantitative estimate of drug-likeness (QED) is 0.157. The molecule has 4 rings (SSSR count). The molecular formula is C28H27O3S+. The van der Waals surface area contributed by atoms with Crippen molar-refractivity contribution < 1.29 is 14.2 Å². The number of rotatable bonds is 10. The monoisotopic (exact) mass is 443 g/mol. The first-order valence-corrected chi connectivity index (χ1v) is 11.9. The normalized spacial score (nSPS) is 11.8. The second-order valence-electron chi connectivity index (χ2n) is 7.12. The second-order valence-corrected chi connectivity index (χ2v) is 9.15. The van der Waals surface area contributed by atoms with Crippen LogP contribution in [0.15, 0.2) is 130 Å². The third-order valence-electron chi connectivity index (χ3n) is 4.77. The minimum absolute atomic E-state index is 0.163. The predicted molar refractivity (Wildman–Crippen MR) is 129 cm³/mol. The van der Waals surface area contributed by atoms with Gasteiger partial charge in [-0.05, 0) is 67.6 Å². The van der Waals surface area contributed by atoms with Gasteiger partial charge in [-0.15, -0.1) is 0 Å². The maximum atomic E-state index is 5.94. The van der Waals surface area contributed by atoms with Crippen LogP contribution >= 0.6 is 0 Å². The molecule has 0 aromatic heterocycles. The molecule has 0 aliphatic heterocycles. The van der Waals surface area contributed by atoms with Gasteiger partial charge >= 0.3 is 0 Å². The highest BCUT2D eigenvalue weighted by Gasteiger charge is 2.28. The van der Waals surface area contributed by atoms with E-state index in [2.05, 4.69) is 72.8 Å². The Hall–Kier alpha value is -3.21. The van der Waals surface area contributed by atoms with Crippen molar-refractivity contribution in [3.63, 3.8) is 0 Å².